The Kier molecular flexibility index (Phi) is 4.78. The Bertz CT molecular complexity index is 461. The number of nitrogen functional groups attached to an aromatic ring is 1. The van der Waals surface area contributed by atoms with Gasteiger partial charge in [-0.1, -0.05) is 25.1 Å². The van der Waals surface area contributed by atoms with Crippen molar-refractivity contribution in [2.45, 2.75) is 38.5 Å². The van der Waals surface area contributed by atoms with E-state index in [1.807, 2.05) is 12.1 Å². The molecule has 0 bridgehead atoms. The number of likely N-dealkylation sites (N-methyl/N-ethyl adjacent to an activating group) is 1. The summed E-state index contributed by atoms with van der Waals surface area (Å²) in [6.45, 7) is 8.32. The van der Waals surface area contributed by atoms with Gasteiger partial charge >= 0.3 is 0 Å². The molecule has 1 saturated carbocycles. The molecule has 21 heavy (non-hydrogen) atoms. The molecule has 1 aromatic carbocycles. The highest BCUT2D eigenvalue weighted by Crippen LogP contribution is 2.30. The molecule has 116 valence electrons. The highest BCUT2D eigenvalue weighted by atomic mass is 16.5. The summed E-state index contributed by atoms with van der Waals surface area (Å²) >= 11 is 0. The fraction of sp³-hybridized carbons (Fsp3) is 0.647. The quantitative estimate of drug-likeness (QED) is 0.813. The predicted molar refractivity (Wildman–Crippen MR) is 86.1 cm³/mol. The lowest BCUT2D eigenvalue weighted by Gasteiger charge is -2.35. The Labute approximate surface area is 127 Å². The molecule has 2 fully saturated rings. The van der Waals surface area contributed by atoms with Crippen LogP contribution in [-0.2, 0) is 11.3 Å². The summed E-state index contributed by atoms with van der Waals surface area (Å²) in [5.74, 6) is 0. The molecule has 1 saturated heterocycles. The Morgan fingerprint density at radius 2 is 2.14 bits per heavy atom. The van der Waals surface area contributed by atoms with E-state index in [0.717, 1.165) is 51.1 Å². The molecule has 0 spiro atoms. The van der Waals surface area contributed by atoms with Crippen LogP contribution in [0.15, 0.2) is 24.3 Å². The van der Waals surface area contributed by atoms with E-state index in [-0.39, 0.29) is 0 Å². The number of anilines is 1. The maximum absolute atomic E-state index is 6.10. The molecule has 1 unspecified atom stereocenters. The summed E-state index contributed by atoms with van der Waals surface area (Å²) in [6, 6.07) is 8.95. The molecule has 1 aliphatic carbocycles. The van der Waals surface area contributed by atoms with Gasteiger partial charge in [0.05, 0.1) is 12.7 Å². The number of nitrogens with two attached hydrogens (primary N) is 1. The molecule has 1 heterocycles. The second kappa shape index (κ2) is 6.77. The second-order valence-corrected chi connectivity index (χ2v) is 6.25. The standard InChI is InChI=1S/C17H27N3O/c1-2-19-9-10-21-16(12-19)13-20(15-7-8-15)11-14-5-3-4-6-17(14)18/h3-6,15-16H,2,7-13,18H2,1H3. The van der Waals surface area contributed by atoms with Gasteiger partial charge < -0.3 is 10.5 Å². The maximum atomic E-state index is 6.10. The van der Waals surface area contributed by atoms with Gasteiger partial charge in [-0.25, -0.2) is 0 Å². The molecule has 1 aromatic rings. The summed E-state index contributed by atoms with van der Waals surface area (Å²) in [5, 5.41) is 0. The minimum Gasteiger partial charge on any atom is -0.398 e. The van der Waals surface area contributed by atoms with Gasteiger partial charge in [0.15, 0.2) is 0 Å². The number of hydrogen-bond donors (Lipinski definition) is 1. The van der Waals surface area contributed by atoms with Gasteiger partial charge in [0.1, 0.15) is 0 Å². The van der Waals surface area contributed by atoms with E-state index in [1.165, 1.54) is 18.4 Å². The topological polar surface area (TPSA) is 41.7 Å². The molecular formula is C17H27N3O. The number of nitrogens with zero attached hydrogens (tertiary/aromatic N) is 2. The van der Waals surface area contributed by atoms with Crippen LogP contribution in [0.2, 0.25) is 0 Å². The fourth-order valence-corrected chi connectivity index (χ4v) is 3.12. The van der Waals surface area contributed by atoms with Gasteiger partial charge in [-0.15, -0.1) is 0 Å². The van der Waals surface area contributed by atoms with Crippen molar-refractivity contribution in [3.8, 4) is 0 Å². The van der Waals surface area contributed by atoms with Gasteiger partial charge in [-0.2, -0.15) is 0 Å². The Morgan fingerprint density at radius 3 is 2.86 bits per heavy atom. The fourth-order valence-electron chi connectivity index (χ4n) is 3.12. The first-order chi connectivity index (χ1) is 10.3. The van der Waals surface area contributed by atoms with Gasteiger partial charge in [-0.3, -0.25) is 9.80 Å². The lowest BCUT2D eigenvalue weighted by atomic mass is 10.1. The van der Waals surface area contributed by atoms with E-state index in [2.05, 4.69) is 28.9 Å². The average Bonchev–Trinajstić information content (AvgIpc) is 3.34. The van der Waals surface area contributed by atoms with E-state index in [4.69, 9.17) is 10.5 Å². The third-order valence-electron chi connectivity index (χ3n) is 4.60. The van der Waals surface area contributed by atoms with Crippen LogP contribution < -0.4 is 5.73 Å². The third-order valence-corrected chi connectivity index (χ3v) is 4.60. The summed E-state index contributed by atoms with van der Waals surface area (Å²) in [5.41, 5.74) is 8.25. The van der Waals surface area contributed by atoms with Gasteiger partial charge in [0.25, 0.3) is 0 Å². The van der Waals surface area contributed by atoms with E-state index in [9.17, 15) is 0 Å². The number of para-hydroxylation sites is 1. The van der Waals surface area contributed by atoms with E-state index < -0.39 is 0 Å². The molecule has 0 radical (unpaired) electrons. The number of hydrogen-bond acceptors (Lipinski definition) is 4. The highest BCUT2D eigenvalue weighted by Gasteiger charge is 2.32. The lowest BCUT2D eigenvalue weighted by Crippen LogP contribution is -2.47. The van der Waals surface area contributed by atoms with Crippen molar-refractivity contribution in [3.05, 3.63) is 29.8 Å². The Hall–Kier alpha value is -1.10. The first-order valence-electron chi connectivity index (χ1n) is 8.17. The van der Waals surface area contributed by atoms with Crippen molar-refractivity contribution in [1.29, 1.82) is 0 Å². The van der Waals surface area contributed by atoms with Crippen molar-refractivity contribution >= 4 is 5.69 Å². The number of benzene rings is 1. The molecule has 2 N–H and O–H groups in total. The van der Waals surface area contributed by atoms with Crippen LogP contribution >= 0.6 is 0 Å². The molecule has 2 aliphatic rings. The van der Waals surface area contributed by atoms with Crippen molar-refractivity contribution in [3.63, 3.8) is 0 Å². The molecule has 1 atom stereocenters. The van der Waals surface area contributed by atoms with Crippen LogP contribution in [0, 0.1) is 0 Å². The predicted octanol–water partition coefficient (Wildman–Crippen LogP) is 1.95. The molecule has 4 nitrogen and oxygen atoms in total. The Balaban J connectivity index is 1.61. The Morgan fingerprint density at radius 1 is 1.33 bits per heavy atom. The minimum absolute atomic E-state index is 0.337. The highest BCUT2D eigenvalue weighted by molar-refractivity contribution is 5.46. The molecule has 0 amide bonds. The van der Waals surface area contributed by atoms with Crippen LogP contribution in [0.4, 0.5) is 5.69 Å². The SMILES string of the molecule is CCN1CCOC(CN(Cc2ccccc2N)C2CC2)C1. The molecule has 4 heteroatoms. The summed E-state index contributed by atoms with van der Waals surface area (Å²) in [6.07, 6.45) is 2.97. The molecular weight excluding hydrogens is 262 g/mol. The van der Waals surface area contributed by atoms with E-state index in [1.54, 1.807) is 0 Å². The lowest BCUT2D eigenvalue weighted by molar-refractivity contribution is -0.0440. The number of rotatable bonds is 6. The first kappa shape index (κ1) is 14.8. The maximum Gasteiger partial charge on any atom is 0.0829 e. The van der Waals surface area contributed by atoms with Crippen molar-refractivity contribution in [1.82, 2.24) is 9.80 Å². The molecule has 3 rings (SSSR count). The number of ether oxygens (including phenoxy) is 1. The van der Waals surface area contributed by atoms with Crippen LogP contribution in [0.5, 0.6) is 0 Å². The van der Waals surface area contributed by atoms with E-state index >= 15 is 0 Å². The van der Waals surface area contributed by atoms with E-state index in [0.29, 0.717) is 6.10 Å². The smallest absolute Gasteiger partial charge is 0.0829 e. The zero-order valence-electron chi connectivity index (χ0n) is 13.0. The van der Waals surface area contributed by atoms with Crippen LogP contribution in [0.25, 0.3) is 0 Å². The monoisotopic (exact) mass is 289 g/mol. The van der Waals surface area contributed by atoms with Crippen molar-refractivity contribution in [2.75, 3.05) is 38.5 Å². The largest absolute Gasteiger partial charge is 0.398 e. The summed E-state index contributed by atoms with van der Waals surface area (Å²) in [4.78, 5) is 5.05. The first-order valence-corrected chi connectivity index (χ1v) is 8.17. The number of morpholine rings is 1. The van der Waals surface area contributed by atoms with Crippen molar-refractivity contribution in [2.24, 2.45) is 0 Å². The van der Waals surface area contributed by atoms with Crippen molar-refractivity contribution < 1.29 is 4.74 Å². The zero-order valence-corrected chi connectivity index (χ0v) is 13.0. The van der Waals surface area contributed by atoms with Gasteiger partial charge in [0.2, 0.25) is 0 Å². The minimum atomic E-state index is 0.337. The van der Waals surface area contributed by atoms with Crippen LogP contribution in [0.3, 0.4) is 0 Å². The molecule has 0 aromatic heterocycles. The van der Waals surface area contributed by atoms with Crippen LogP contribution in [-0.4, -0.2) is 54.7 Å². The average molecular weight is 289 g/mol. The third kappa shape index (κ3) is 3.96. The normalized spacial score (nSPS) is 23.6. The zero-order chi connectivity index (χ0) is 14.7. The molecule has 1 aliphatic heterocycles. The van der Waals surface area contributed by atoms with Gasteiger partial charge in [-0.05, 0) is 31.0 Å². The van der Waals surface area contributed by atoms with Crippen LogP contribution in [0.1, 0.15) is 25.3 Å². The van der Waals surface area contributed by atoms with Gasteiger partial charge in [0, 0.05) is 37.9 Å². The second-order valence-electron chi connectivity index (χ2n) is 6.25. The summed E-state index contributed by atoms with van der Waals surface area (Å²) in [7, 11) is 0. The summed E-state index contributed by atoms with van der Waals surface area (Å²) < 4.78 is 5.97.